The minimum atomic E-state index is -0.466. The summed E-state index contributed by atoms with van der Waals surface area (Å²) in [5.41, 5.74) is 1.44. The van der Waals surface area contributed by atoms with E-state index in [-0.39, 0.29) is 11.3 Å². The maximum Gasteiger partial charge on any atom is 0.262 e. The van der Waals surface area contributed by atoms with Crippen LogP contribution in [0.5, 0.6) is 11.5 Å². The lowest BCUT2D eigenvalue weighted by Gasteiger charge is -2.06. The second kappa shape index (κ2) is 7.66. The minimum absolute atomic E-state index is 0.0366. The molecule has 0 radical (unpaired) electrons. The third-order valence-corrected chi connectivity index (χ3v) is 3.17. The number of hydrogen-bond donors (Lipinski definition) is 2. The van der Waals surface area contributed by atoms with E-state index in [1.54, 1.807) is 12.1 Å². The van der Waals surface area contributed by atoms with Gasteiger partial charge in [-0.05, 0) is 29.3 Å². The van der Waals surface area contributed by atoms with Gasteiger partial charge in [0.15, 0.2) is 11.5 Å². The number of amides is 1. The van der Waals surface area contributed by atoms with Gasteiger partial charge in [0.1, 0.15) is 11.6 Å². The van der Waals surface area contributed by atoms with Crippen molar-refractivity contribution in [1.82, 2.24) is 5.32 Å². The largest absolute Gasteiger partial charge is 0.504 e. The zero-order valence-electron chi connectivity index (χ0n) is 12.6. The molecule has 1 amide bonds. The second-order valence-electron chi connectivity index (χ2n) is 4.77. The number of benzene rings is 2. The zero-order valence-corrected chi connectivity index (χ0v) is 12.6. The predicted octanol–water partition coefficient (Wildman–Crippen LogP) is 2.62. The molecule has 0 saturated heterocycles. The molecule has 2 rings (SSSR count). The van der Waals surface area contributed by atoms with Gasteiger partial charge in [-0.3, -0.25) is 4.79 Å². The van der Waals surface area contributed by atoms with Gasteiger partial charge in [0.2, 0.25) is 0 Å². The predicted molar refractivity (Wildman–Crippen MR) is 86.5 cm³/mol. The summed E-state index contributed by atoms with van der Waals surface area (Å²) in [6, 6.07) is 15.9. The Morgan fingerprint density at radius 3 is 2.65 bits per heavy atom. The van der Waals surface area contributed by atoms with E-state index in [0.29, 0.717) is 17.9 Å². The third-order valence-electron chi connectivity index (χ3n) is 3.17. The van der Waals surface area contributed by atoms with Crippen LogP contribution in [0.3, 0.4) is 0 Å². The highest BCUT2D eigenvalue weighted by atomic mass is 16.5. The standard InChI is InChI=1S/C18H16N2O3/c1-23-17-8-7-14(10-16(17)21)9-15(11-19)18(22)20-12-13-5-3-2-4-6-13/h2-10,21H,12H2,1H3,(H,20,22)/b15-9+. The highest BCUT2D eigenvalue weighted by Gasteiger charge is 2.09. The number of carbonyl (C=O) groups is 1. The maximum absolute atomic E-state index is 12.1. The summed E-state index contributed by atoms with van der Waals surface area (Å²) in [6.07, 6.45) is 1.42. The fourth-order valence-electron chi connectivity index (χ4n) is 1.99. The van der Waals surface area contributed by atoms with Crippen molar-refractivity contribution in [2.24, 2.45) is 0 Å². The number of aromatic hydroxyl groups is 1. The number of rotatable bonds is 5. The summed E-state index contributed by atoms with van der Waals surface area (Å²) in [6.45, 7) is 0.340. The van der Waals surface area contributed by atoms with Crippen LogP contribution in [-0.4, -0.2) is 18.1 Å². The molecule has 2 N–H and O–H groups in total. The average Bonchev–Trinajstić information content (AvgIpc) is 2.58. The normalized spacial score (nSPS) is 10.7. The first-order chi connectivity index (χ1) is 11.1. The Hall–Kier alpha value is -3.26. The van der Waals surface area contributed by atoms with Crippen molar-refractivity contribution in [3.8, 4) is 17.6 Å². The molecule has 0 aliphatic rings. The topological polar surface area (TPSA) is 82.3 Å². The molecule has 0 heterocycles. The highest BCUT2D eigenvalue weighted by Crippen LogP contribution is 2.27. The summed E-state index contributed by atoms with van der Waals surface area (Å²) in [4.78, 5) is 12.1. The Morgan fingerprint density at radius 1 is 1.30 bits per heavy atom. The van der Waals surface area contributed by atoms with E-state index >= 15 is 0 Å². The zero-order chi connectivity index (χ0) is 16.7. The van der Waals surface area contributed by atoms with Gasteiger partial charge in [0, 0.05) is 6.54 Å². The van der Waals surface area contributed by atoms with Crippen LogP contribution < -0.4 is 10.1 Å². The summed E-state index contributed by atoms with van der Waals surface area (Å²) in [7, 11) is 1.45. The Kier molecular flexibility index (Phi) is 5.37. The van der Waals surface area contributed by atoms with E-state index in [9.17, 15) is 9.90 Å². The Bertz CT molecular complexity index is 762. The lowest BCUT2D eigenvalue weighted by molar-refractivity contribution is -0.117. The molecule has 2 aromatic rings. The van der Waals surface area contributed by atoms with Crippen LogP contribution in [0.2, 0.25) is 0 Å². The van der Waals surface area contributed by atoms with E-state index in [1.807, 2.05) is 36.4 Å². The average molecular weight is 308 g/mol. The van der Waals surface area contributed by atoms with Crippen LogP contribution in [0, 0.1) is 11.3 Å². The SMILES string of the molecule is COc1ccc(/C=C(\C#N)C(=O)NCc2ccccc2)cc1O. The molecular formula is C18H16N2O3. The molecule has 23 heavy (non-hydrogen) atoms. The van der Waals surface area contributed by atoms with E-state index < -0.39 is 5.91 Å². The molecule has 0 spiro atoms. The fourth-order valence-corrected chi connectivity index (χ4v) is 1.99. The monoisotopic (exact) mass is 308 g/mol. The Balaban J connectivity index is 2.10. The number of phenolic OH excluding ortho intramolecular Hbond substituents is 1. The van der Waals surface area contributed by atoms with Crippen LogP contribution in [0.4, 0.5) is 0 Å². The van der Waals surface area contributed by atoms with Crippen molar-refractivity contribution in [2.45, 2.75) is 6.54 Å². The summed E-state index contributed by atoms with van der Waals surface area (Å²) < 4.78 is 4.95. The van der Waals surface area contributed by atoms with E-state index in [1.165, 1.54) is 19.3 Å². The molecule has 2 aromatic carbocycles. The first kappa shape index (κ1) is 16.1. The Labute approximate surface area is 134 Å². The summed E-state index contributed by atoms with van der Waals surface area (Å²) in [5, 5.41) is 21.6. The van der Waals surface area contributed by atoms with Crippen molar-refractivity contribution >= 4 is 12.0 Å². The lowest BCUT2D eigenvalue weighted by atomic mass is 10.1. The smallest absolute Gasteiger partial charge is 0.262 e. The number of nitriles is 1. The molecule has 0 fully saturated rings. The van der Waals surface area contributed by atoms with Gasteiger partial charge in [-0.2, -0.15) is 5.26 Å². The molecule has 5 heteroatoms. The number of phenols is 1. The quantitative estimate of drug-likeness (QED) is 0.657. The van der Waals surface area contributed by atoms with Crippen LogP contribution in [0.25, 0.3) is 6.08 Å². The van der Waals surface area contributed by atoms with Gasteiger partial charge in [0.25, 0.3) is 5.91 Å². The number of hydrogen-bond acceptors (Lipinski definition) is 4. The van der Waals surface area contributed by atoms with Gasteiger partial charge in [-0.1, -0.05) is 36.4 Å². The molecule has 0 bridgehead atoms. The second-order valence-corrected chi connectivity index (χ2v) is 4.77. The molecule has 116 valence electrons. The van der Waals surface area contributed by atoms with Gasteiger partial charge in [-0.25, -0.2) is 0 Å². The van der Waals surface area contributed by atoms with Gasteiger partial charge in [-0.15, -0.1) is 0 Å². The van der Waals surface area contributed by atoms with Gasteiger partial charge < -0.3 is 15.2 Å². The van der Waals surface area contributed by atoms with Crippen molar-refractivity contribution in [3.63, 3.8) is 0 Å². The molecular weight excluding hydrogens is 292 g/mol. The van der Waals surface area contributed by atoms with Crippen molar-refractivity contribution < 1.29 is 14.6 Å². The number of nitrogens with zero attached hydrogens (tertiary/aromatic N) is 1. The molecule has 0 saturated carbocycles. The van der Waals surface area contributed by atoms with E-state index in [0.717, 1.165) is 5.56 Å². The van der Waals surface area contributed by atoms with Crippen LogP contribution in [0.15, 0.2) is 54.1 Å². The van der Waals surface area contributed by atoms with Crippen LogP contribution in [0.1, 0.15) is 11.1 Å². The summed E-state index contributed by atoms with van der Waals surface area (Å²) in [5.74, 6) is -0.191. The maximum atomic E-state index is 12.1. The minimum Gasteiger partial charge on any atom is -0.504 e. The molecule has 0 unspecified atom stereocenters. The first-order valence-electron chi connectivity index (χ1n) is 6.95. The van der Waals surface area contributed by atoms with Gasteiger partial charge in [0.05, 0.1) is 7.11 Å². The highest BCUT2D eigenvalue weighted by molar-refractivity contribution is 6.01. The van der Waals surface area contributed by atoms with Crippen molar-refractivity contribution in [3.05, 3.63) is 65.2 Å². The number of ether oxygens (including phenoxy) is 1. The van der Waals surface area contributed by atoms with Crippen LogP contribution >= 0.6 is 0 Å². The van der Waals surface area contributed by atoms with Gasteiger partial charge >= 0.3 is 0 Å². The molecule has 0 aliphatic heterocycles. The summed E-state index contributed by atoms with van der Waals surface area (Å²) >= 11 is 0. The lowest BCUT2D eigenvalue weighted by Crippen LogP contribution is -2.23. The fraction of sp³-hybridized carbons (Fsp3) is 0.111. The van der Waals surface area contributed by atoms with Crippen molar-refractivity contribution in [2.75, 3.05) is 7.11 Å². The molecule has 0 aromatic heterocycles. The van der Waals surface area contributed by atoms with E-state index in [4.69, 9.17) is 10.00 Å². The first-order valence-corrected chi connectivity index (χ1v) is 6.95. The number of methoxy groups -OCH3 is 1. The Morgan fingerprint density at radius 2 is 2.04 bits per heavy atom. The number of carbonyl (C=O) groups excluding carboxylic acids is 1. The number of nitrogens with one attached hydrogen (secondary N) is 1. The van der Waals surface area contributed by atoms with Crippen molar-refractivity contribution in [1.29, 1.82) is 5.26 Å². The molecule has 0 atom stereocenters. The third kappa shape index (κ3) is 4.35. The van der Waals surface area contributed by atoms with E-state index in [2.05, 4.69) is 5.32 Å². The molecule has 0 aliphatic carbocycles. The molecule has 5 nitrogen and oxygen atoms in total. The van der Waals surface area contributed by atoms with Crippen LogP contribution in [-0.2, 0) is 11.3 Å².